The van der Waals surface area contributed by atoms with E-state index in [9.17, 15) is 19.1 Å². The lowest BCUT2D eigenvalue weighted by Gasteiger charge is -2.37. The van der Waals surface area contributed by atoms with Gasteiger partial charge in [0.15, 0.2) is 0 Å². The van der Waals surface area contributed by atoms with Crippen LogP contribution in [0.3, 0.4) is 0 Å². The Hall–Kier alpha value is -3.64. The number of aliphatic hydroxyl groups is 1. The molecule has 1 aromatic heterocycles. The zero-order chi connectivity index (χ0) is 26.4. The van der Waals surface area contributed by atoms with Gasteiger partial charge in [-0.2, -0.15) is 0 Å². The number of nitrogens with zero attached hydrogens (tertiary/aromatic N) is 3. The number of halogens is 1. The number of urea groups is 1. The van der Waals surface area contributed by atoms with Crippen molar-refractivity contribution >= 4 is 17.6 Å². The van der Waals surface area contributed by atoms with Crippen molar-refractivity contribution in [3.63, 3.8) is 0 Å². The van der Waals surface area contributed by atoms with Crippen LogP contribution in [0, 0.1) is 29.5 Å². The summed E-state index contributed by atoms with van der Waals surface area (Å²) in [5, 5.41) is 12.5. The number of carbonyl (C=O) groups is 2. The number of hydrogen-bond acceptors (Lipinski definition) is 5. The van der Waals surface area contributed by atoms with Gasteiger partial charge in [-0.05, 0) is 31.2 Å². The maximum Gasteiger partial charge on any atom is 0.321 e. The molecule has 1 aliphatic heterocycles. The lowest BCUT2D eigenvalue weighted by molar-refractivity contribution is 0.0356. The molecule has 36 heavy (non-hydrogen) atoms. The van der Waals surface area contributed by atoms with Gasteiger partial charge in [0.2, 0.25) is 5.88 Å². The molecule has 9 heteroatoms. The molecule has 0 saturated carbocycles. The number of pyridine rings is 1. The van der Waals surface area contributed by atoms with Crippen LogP contribution in [-0.2, 0) is 0 Å². The second-order valence-electron chi connectivity index (χ2n) is 9.44. The zero-order valence-electron chi connectivity index (χ0n) is 21.3. The Kier molecular flexibility index (Phi) is 8.88. The molecule has 0 radical (unpaired) electrons. The summed E-state index contributed by atoms with van der Waals surface area (Å²) in [5.74, 6) is 5.46. The van der Waals surface area contributed by atoms with E-state index in [1.54, 1.807) is 37.2 Å². The van der Waals surface area contributed by atoms with E-state index in [4.69, 9.17) is 4.74 Å². The predicted octanol–water partition coefficient (Wildman–Crippen LogP) is 3.61. The monoisotopic (exact) mass is 496 g/mol. The molecule has 8 nitrogen and oxygen atoms in total. The van der Waals surface area contributed by atoms with Gasteiger partial charge < -0.3 is 25.0 Å². The molecule has 0 bridgehead atoms. The molecule has 0 unspecified atom stereocenters. The van der Waals surface area contributed by atoms with Gasteiger partial charge in [-0.15, -0.1) is 0 Å². The summed E-state index contributed by atoms with van der Waals surface area (Å²) in [4.78, 5) is 33.6. The highest BCUT2D eigenvalue weighted by molar-refractivity contribution is 5.97. The largest absolute Gasteiger partial charge is 0.472 e. The molecule has 0 aliphatic carbocycles. The summed E-state index contributed by atoms with van der Waals surface area (Å²) in [5.41, 5.74) is 1.19. The summed E-state index contributed by atoms with van der Waals surface area (Å²) >= 11 is 0. The average Bonchev–Trinajstić information content (AvgIpc) is 2.84. The molecule has 0 spiro atoms. The Morgan fingerprint density at radius 1 is 1.36 bits per heavy atom. The van der Waals surface area contributed by atoms with Crippen molar-refractivity contribution in [2.24, 2.45) is 11.8 Å². The van der Waals surface area contributed by atoms with Crippen molar-refractivity contribution in [3.8, 4) is 17.7 Å². The van der Waals surface area contributed by atoms with Crippen LogP contribution in [0.1, 0.15) is 43.6 Å². The Morgan fingerprint density at radius 3 is 2.78 bits per heavy atom. The number of hydrogen-bond donors (Lipinski definition) is 2. The fraction of sp³-hybridized carbons (Fsp3) is 0.444. The van der Waals surface area contributed by atoms with Crippen LogP contribution in [0.5, 0.6) is 5.88 Å². The molecule has 3 amide bonds. The topological polar surface area (TPSA) is 95.0 Å². The molecule has 2 heterocycles. The highest BCUT2D eigenvalue weighted by Crippen LogP contribution is 2.27. The first-order chi connectivity index (χ1) is 17.1. The van der Waals surface area contributed by atoms with Crippen LogP contribution in [0.15, 0.2) is 36.5 Å². The summed E-state index contributed by atoms with van der Waals surface area (Å²) in [7, 11) is 1.61. The molecule has 3 rings (SSSR count). The minimum Gasteiger partial charge on any atom is -0.472 e. The third kappa shape index (κ3) is 6.73. The van der Waals surface area contributed by atoms with Gasteiger partial charge in [-0.3, -0.25) is 4.79 Å². The van der Waals surface area contributed by atoms with E-state index >= 15 is 0 Å². The number of likely N-dealkylation sites (N-methyl/N-ethyl adjacent to an activating group) is 1. The lowest BCUT2D eigenvalue weighted by atomic mass is 10.00. The maximum atomic E-state index is 13.5. The summed E-state index contributed by atoms with van der Waals surface area (Å²) in [6.45, 7) is 7.94. The lowest BCUT2D eigenvalue weighted by Crippen LogP contribution is -2.50. The van der Waals surface area contributed by atoms with E-state index < -0.39 is 24.0 Å². The molecule has 192 valence electrons. The molecule has 3 atom stereocenters. The number of nitrogens with one attached hydrogen (secondary N) is 1. The van der Waals surface area contributed by atoms with Crippen molar-refractivity contribution in [3.05, 3.63) is 53.5 Å². The normalized spacial score (nSPS) is 18.2. The fourth-order valence-corrected chi connectivity index (χ4v) is 3.75. The SMILES string of the molecule is CC(C)C#Cc1cnc2c(c1)C(=O)N([C@@H](C)CO)C[C@@H](C)[C@H](CN(C)C(=O)Nc1cccc(F)c1)O2. The average molecular weight is 497 g/mol. The molecule has 0 saturated heterocycles. The van der Waals surface area contributed by atoms with Crippen LogP contribution >= 0.6 is 0 Å². The standard InChI is InChI=1S/C27H33FN4O4/c1-17(2)9-10-20-11-23-25(29-13-20)36-24(18(3)14-32(26(23)34)19(4)16-33)15-31(5)27(35)30-22-8-6-7-21(28)12-22/h6-8,11-13,17-19,24,33H,14-16H2,1-5H3,(H,30,35)/t18-,19+,24+/m1/s1. The number of carbonyl (C=O) groups excluding carboxylic acids is 2. The number of ether oxygens (including phenoxy) is 1. The van der Waals surface area contributed by atoms with Crippen LogP contribution in [0.25, 0.3) is 0 Å². The highest BCUT2D eigenvalue weighted by Gasteiger charge is 2.34. The van der Waals surface area contributed by atoms with E-state index in [-0.39, 0.29) is 42.3 Å². The molecule has 1 aliphatic rings. The summed E-state index contributed by atoms with van der Waals surface area (Å²) < 4.78 is 19.7. The van der Waals surface area contributed by atoms with Crippen molar-refractivity contribution in [1.82, 2.24) is 14.8 Å². The predicted molar refractivity (Wildman–Crippen MR) is 135 cm³/mol. The van der Waals surface area contributed by atoms with Gasteiger partial charge in [-0.25, -0.2) is 14.2 Å². The summed E-state index contributed by atoms with van der Waals surface area (Å²) in [6, 6.07) is 6.46. The number of aliphatic hydroxyl groups excluding tert-OH is 1. The third-order valence-corrected chi connectivity index (χ3v) is 5.90. The molecule has 2 aromatic rings. The van der Waals surface area contributed by atoms with E-state index in [2.05, 4.69) is 22.1 Å². The molecule has 1 aromatic carbocycles. The van der Waals surface area contributed by atoms with Crippen molar-refractivity contribution in [1.29, 1.82) is 0 Å². The summed E-state index contributed by atoms with van der Waals surface area (Å²) in [6.07, 6.45) is 1.05. The second-order valence-corrected chi connectivity index (χ2v) is 9.44. The van der Waals surface area contributed by atoms with Gasteiger partial charge in [0.05, 0.1) is 19.2 Å². The van der Waals surface area contributed by atoms with E-state index in [0.717, 1.165) is 0 Å². The molecular weight excluding hydrogens is 463 g/mol. The smallest absolute Gasteiger partial charge is 0.321 e. The molecular formula is C27H33FN4O4. The fourth-order valence-electron chi connectivity index (χ4n) is 3.75. The number of rotatable bonds is 5. The Labute approximate surface area is 211 Å². The van der Waals surface area contributed by atoms with Crippen LogP contribution < -0.4 is 10.1 Å². The molecule has 0 fully saturated rings. The highest BCUT2D eigenvalue weighted by atomic mass is 19.1. The van der Waals surface area contributed by atoms with Gasteiger partial charge in [0, 0.05) is 42.9 Å². The first kappa shape index (κ1) is 27.0. The first-order valence-corrected chi connectivity index (χ1v) is 12.0. The van der Waals surface area contributed by atoms with E-state index in [1.165, 1.54) is 23.1 Å². The van der Waals surface area contributed by atoms with Crippen LogP contribution in [-0.4, -0.2) is 70.7 Å². The van der Waals surface area contributed by atoms with Crippen LogP contribution in [0.2, 0.25) is 0 Å². The Morgan fingerprint density at radius 2 is 2.11 bits per heavy atom. The Balaban J connectivity index is 1.88. The second kappa shape index (κ2) is 11.9. The zero-order valence-corrected chi connectivity index (χ0v) is 21.3. The number of aromatic nitrogens is 1. The number of benzene rings is 1. The van der Waals surface area contributed by atoms with Gasteiger partial charge in [0.25, 0.3) is 5.91 Å². The Bertz CT molecular complexity index is 1160. The number of fused-ring (bicyclic) bond motifs is 1. The van der Waals surface area contributed by atoms with Crippen LogP contribution in [0.4, 0.5) is 14.9 Å². The van der Waals surface area contributed by atoms with E-state index in [1.807, 2.05) is 20.8 Å². The third-order valence-electron chi connectivity index (χ3n) is 5.90. The van der Waals surface area contributed by atoms with Gasteiger partial charge in [0.1, 0.15) is 17.5 Å². The minimum atomic E-state index is -0.506. The van der Waals surface area contributed by atoms with E-state index in [0.29, 0.717) is 17.8 Å². The number of amides is 3. The maximum absolute atomic E-state index is 13.5. The first-order valence-electron chi connectivity index (χ1n) is 12.0. The van der Waals surface area contributed by atoms with Gasteiger partial charge >= 0.3 is 6.03 Å². The van der Waals surface area contributed by atoms with Gasteiger partial charge in [-0.1, -0.05) is 38.7 Å². The molecule has 2 N–H and O–H groups in total. The van der Waals surface area contributed by atoms with Crippen molar-refractivity contribution in [2.75, 3.05) is 32.1 Å². The van der Waals surface area contributed by atoms with Crippen molar-refractivity contribution in [2.45, 2.75) is 39.8 Å². The van der Waals surface area contributed by atoms with Crippen molar-refractivity contribution < 1.29 is 23.8 Å². The number of anilines is 1. The minimum absolute atomic E-state index is 0.153. The quantitative estimate of drug-likeness (QED) is 0.617.